The number of hydrogen-bond acceptors (Lipinski definition) is 4. The Kier molecular flexibility index (Phi) is 6.42. The molecule has 6 heteroatoms. The lowest BCUT2D eigenvalue weighted by Crippen LogP contribution is -2.28. The predicted molar refractivity (Wildman–Crippen MR) is 94.1 cm³/mol. The third-order valence-electron chi connectivity index (χ3n) is 4.26. The van der Waals surface area contributed by atoms with Crippen molar-refractivity contribution in [1.82, 2.24) is 10.3 Å². The van der Waals surface area contributed by atoms with E-state index in [0.717, 1.165) is 48.6 Å². The number of aromatic nitrogens is 1. The van der Waals surface area contributed by atoms with Crippen molar-refractivity contribution in [3.05, 3.63) is 24.1 Å². The maximum Gasteiger partial charge on any atom is 0.224 e. The zero-order valence-electron chi connectivity index (χ0n) is 13.4. The molecular formula is C17H24ClN3O2. The van der Waals surface area contributed by atoms with Crippen LogP contribution in [0.5, 0.6) is 0 Å². The Morgan fingerprint density at radius 2 is 2.17 bits per heavy atom. The van der Waals surface area contributed by atoms with Crippen LogP contribution in [0.4, 0.5) is 5.69 Å². The summed E-state index contributed by atoms with van der Waals surface area (Å²) in [5.41, 5.74) is 2.36. The lowest BCUT2D eigenvalue weighted by atomic mass is 9.93. The molecule has 1 saturated heterocycles. The van der Waals surface area contributed by atoms with Gasteiger partial charge in [0.15, 0.2) is 11.5 Å². The summed E-state index contributed by atoms with van der Waals surface area (Å²) in [5, 5.41) is 6.31. The molecule has 1 aromatic carbocycles. The number of carbonyl (C=O) groups is 1. The van der Waals surface area contributed by atoms with Crippen molar-refractivity contribution in [2.24, 2.45) is 5.92 Å². The Labute approximate surface area is 142 Å². The zero-order chi connectivity index (χ0) is 15.4. The lowest BCUT2D eigenvalue weighted by Gasteiger charge is -2.22. The summed E-state index contributed by atoms with van der Waals surface area (Å²) in [6.07, 6.45) is 4.68. The number of oxazole rings is 1. The largest absolute Gasteiger partial charge is 0.441 e. The molecular weight excluding hydrogens is 314 g/mol. The number of halogens is 1. The Bertz CT molecular complexity index is 650. The number of aryl methyl sites for hydroxylation is 1. The molecule has 23 heavy (non-hydrogen) atoms. The van der Waals surface area contributed by atoms with E-state index in [1.54, 1.807) is 0 Å². The summed E-state index contributed by atoms with van der Waals surface area (Å²) in [6.45, 7) is 4.16. The topological polar surface area (TPSA) is 67.2 Å². The third kappa shape index (κ3) is 4.69. The highest BCUT2D eigenvalue weighted by Crippen LogP contribution is 2.21. The standard InChI is InChI=1S/C17H23N3O2.ClH/c1-2-17-20-14-11-13(4-5-15(14)22-17)19-16(21)6-3-12-7-9-18-10-8-12;/h4-5,11-12,18H,2-3,6-10H2,1H3,(H,19,21);1H. The van der Waals surface area contributed by atoms with Gasteiger partial charge in [0.05, 0.1) is 0 Å². The van der Waals surface area contributed by atoms with Crippen LogP contribution in [-0.4, -0.2) is 24.0 Å². The number of amides is 1. The minimum Gasteiger partial charge on any atom is -0.441 e. The molecule has 2 heterocycles. The first-order valence-corrected chi connectivity index (χ1v) is 8.14. The normalized spacial score (nSPS) is 15.3. The van der Waals surface area contributed by atoms with Crippen LogP contribution in [0.15, 0.2) is 22.6 Å². The fourth-order valence-corrected chi connectivity index (χ4v) is 2.93. The van der Waals surface area contributed by atoms with E-state index in [4.69, 9.17) is 4.42 Å². The van der Waals surface area contributed by atoms with E-state index in [0.29, 0.717) is 12.3 Å². The van der Waals surface area contributed by atoms with Gasteiger partial charge >= 0.3 is 0 Å². The summed E-state index contributed by atoms with van der Waals surface area (Å²) >= 11 is 0. The van der Waals surface area contributed by atoms with E-state index in [-0.39, 0.29) is 18.3 Å². The van der Waals surface area contributed by atoms with Gasteiger partial charge in [-0.15, -0.1) is 12.4 Å². The van der Waals surface area contributed by atoms with Crippen molar-refractivity contribution in [2.75, 3.05) is 18.4 Å². The van der Waals surface area contributed by atoms with Gasteiger partial charge in [-0.25, -0.2) is 4.98 Å². The Hall–Kier alpha value is -1.59. The molecule has 0 aliphatic carbocycles. The lowest BCUT2D eigenvalue weighted by molar-refractivity contribution is -0.116. The number of piperidine rings is 1. The first kappa shape index (κ1) is 17.8. The summed E-state index contributed by atoms with van der Waals surface area (Å²) < 4.78 is 5.57. The van der Waals surface area contributed by atoms with Crippen LogP contribution in [0.3, 0.4) is 0 Å². The van der Waals surface area contributed by atoms with E-state index in [2.05, 4.69) is 15.6 Å². The molecule has 3 rings (SSSR count). The number of nitrogens with one attached hydrogen (secondary N) is 2. The average molecular weight is 338 g/mol. The molecule has 1 fully saturated rings. The second-order valence-corrected chi connectivity index (χ2v) is 5.92. The van der Waals surface area contributed by atoms with Gasteiger partial charge in [0, 0.05) is 18.5 Å². The number of hydrogen-bond donors (Lipinski definition) is 2. The van der Waals surface area contributed by atoms with Crippen molar-refractivity contribution in [1.29, 1.82) is 0 Å². The SMILES string of the molecule is CCc1nc2cc(NC(=O)CCC3CCNCC3)ccc2o1.Cl. The van der Waals surface area contributed by atoms with Crippen molar-refractivity contribution >= 4 is 35.1 Å². The Morgan fingerprint density at radius 3 is 2.91 bits per heavy atom. The highest BCUT2D eigenvalue weighted by Gasteiger charge is 2.14. The number of benzene rings is 1. The van der Waals surface area contributed by atoms with Gasteiger partial charge in [0.25, 0.3) is 0 Å². The number of carbonyl (C=O) groups excluding carboxylic acids is 1. The molecule has 5 nitrogen and oxygen atoms in total. The van der Waals surface area contributed by atoms with Crippen molar-refractivity contribution < 1.29 is 9.21 Å². The fraction of sp³-hybridized carbons (Fsp3) is 0.529. The smallest absolute Gasteiger partial charge is 0.224 e. The molecule has 0 bridgehead atoms. The van der Waals surface area contributed by atoms with E-state index < -0.39 is 0 Å². The van der Waals surface area contributed by atoms with Crippen molar-refractivity contribution in [2.45, 2.75) is 39.0 Å². The van der Waals surface area contributed by atoms with Crippen LogP contribution in [0.25, 0.3) is 11.1 Å². The Morgan fingerprint density at radius 1 is 1.39 bits per heavy atom. The van der Waals surface area contributed by atoms with Gasteiger partial charge in [-0.2, -0.15) is 0 Å². The molecule has 2 aromatic rings. The van der Waals surface area contributed by atoms with Gasteiger partial charge in [-0.05, 0) is 56.5 Å². The van der Waals surface area contributed by atoms with Crippen LogP contribution < -0.4 is 10.6 Å². The van der Waals surface area contributed by atoms with Crippen LogP contribution >= 0.6 is 12.4 Å². The molecule has 2 N–H and O–H groups in total. The molecule has 1 aliphatic rings. The van der Waals surface area contributed by atoms with Gasteiger partial charge in [-0.3, -0.25) is 4.79 Å². The highest BCUT2D eigenvalue weighted by atomic mass is 35.5. The maximum atomic E-state index is 12.1. The van der Waals surface area contributed by atoms with E-state index >= 15 is 0 Å². The molecule has 0 atom stereocenters. The molecule has 1 amide bonds. The number of nitrogens with zero attached hydrogens (tertiary/aromatic N) is 1. The summed E-state index contributed by atoms with van der Waals surface area (Å²) in [7, 11) is 0. The third-order valence-corrected chi connectivity index (χ3v) is 4.26. The van der Waals surface area contributed by atoms with Gasteiger partial charge in [-0.1, -0.05) is 6.92 Å². The predicted octanol–water partition coefficient (Wildman–Crippen LogP) is 3.53. The summed E-state index contributed by atoms with van der Waals surface area (Å²) in [5.74, 6) is 1.48. The second-order valence-electron chi connectivity index (χ2n) is 5.92. The number of rotatable bonds is 5. The maximum absolute atomic E-state index is 12.1. The van der Waals surface area contributed by atoms with Crippen LogP contribution in [-0.2, 0) is 11.2 Å². The monoisotopic (exact) mass is 337 g/mol. The number of fused-ring (bicyclic) bond motifs is 1. The average Bonchev–Trinajstić information content (AvgIpc) is 2.96. The quantitative estimate of drug-likeness (QED) is 0.875. The summed E-state index contributed by atoms with van der Waals surface area (Å²) in [6, 6.07) is 5.61. The molecule has 1 aliphatic heterocycles. The molecule has 1 aromatic heterocycles. The summed E-state index contributed by atoms with van der Waals surface area (Å²) in [4.78, 5) is 16.5. The van der Waals surface area contributed by atoms with E-state index in [1.807, 2.05) is 25.1 Å². The molecule has 0 spiro atoms. The molecule has 0 radical (unpaired) electrons. The van der Waals surface area contributed by atoms with Gasteiger partial charge < -0.3 is 15.1 Å². The van der Waals surface area contributed by atoms with Crippen molar-refractivity contribution in [3.63, 3.8) is 0 Å². The molecule has 0 saturated carbocycles. The van der Waals surface area contributed by atoms with Crippen LogP contribution in [0.1, 0.15) is 38.5 Å². The second kappa shape index (κ2) is 8.31. The Balaban J connectivity index is 0.00000192. The van der Waals surface area contributed by atoms with E-state index in [9.17, 15) is 4.79 Å². The van der Waals surface area contributed by atoms with Crippen LogP contribution in [0.2, 0.25) is 0 Å². The fourth-order valence-electron chi connectivity index (χ4n) is 2.93. The van der Waals surface area contributed by atoms with Crippen molar-refractivity contribution in [3.8, 4) is 0 Å². The first-order chi connectivity index (χ1) is 10.7. The zero-order valence-corrected chi connectivity index (χ0v) is 14.2. The molecule has 126 valence electrons. The van der Waals surface area contributed by atoms with E-state index in [1.165, 1.54) is 12.8 Å². The minimum absolute atomic E-state index is 0. The number of anilines is 1. The first-order valence-electron chi connectivity index (χ1n) is 8.14. The minimum atomic E-state index is 0. The molecule has 0 unspecified atom stereocenters. The van der Waals surface area contributed by atoms with Gasteiger partial charge in [0.1, 0.15) is 5.52 Å². The van der Waals surface area contributed by atoms with Crippen LogP contribution in [0, 0.1) is 5.92 Å². The van der Waals surface area contributed by atoms with Gasteiger partial charge in [0.2, 0.25) is 5.91 Å². The highest BCUT2D eigenvalue weighted by molar-refractivity contribution is 5.92.